The molecule has 0 bridgehead atoms. The zero-order chi connectivity index (χ0) is 10.1. The van der Waals surface area contributed by atoms with Crippen molar-refractivity contribution in [2.75, 3.05) is 4.90 Å². The van der Waals surface area contributed by atoms with Crippen LogP contribution in [0.1, 0.15) is 12.5 Å². The quantitative estimate of drug-likeness (QED) is 0.736. The first-order chi connectivity index (χ1) is 6.70. The molecule has 0 aromatic heterocycles. The average molecular weight is 190 g/mol. The van der Waals surface area contributed by atoms with Gasteiger partial charge in [0.15, 0.2) is 0 Å². The minimum Gasteiger partial charge on any atom is -0.323 e. The second-order valence-corrected chi connectivity index (χ2v) is 3.50. The number of hydroxylamine groups is 2. The first-order valence-electron chi connectivity index (χ1n) is 4.69. The summed E-state index contributed by atoms with van der Waals surface area (Å²) in [6.07, 6.45) is 3.51. The molecule has 1 aliphatic heterocycles. The van der Waals surface area contributed by atoms with E-state index in [-0.39, 0.29) is 6.17 Å². The van der Waals surface area contributed by atoms with Gasteiger partial charge in [-0.1, -0.05) is 18.2 Å². The van der Waals surface area contributed by atoms with Gasteiger partial charge in [0.1, 0.15) is 6.17 Å². The molecule has 3 nitrogen and oxygen atoms in total. The summed E-state index contributed by atoms with van der Waals surface area (Å²) in [6, 6.07) is 8.13. The van der Waals surface area contributed by atoms with Crippen molar-refractivity contribution in [3.63, 3.8) is 0 Å². The Morgan fingerprint density at radius 2 is 1.93 bits per heavy atom. The Balaban J connectivity index is 2.33. The number of hydrogen-bond acceptors (Lipinski definition) is 3. The van der Waals surface area contributed by atoms with Crippen LogP contribution >= 0.6 is 0 Å². The number of hydrogen-bond donors (Lipinski definition) is 1. The Bertz CT molecular complexity index is 362. The topological polar surface area (TPSA) is 26.7 Å². The van der Waals surface area contributed by atoms with E-state index in [4.69, 9.17) is 0 Å². The van der Waals surface area contributed by atoms with Gasteiger partial charge in [-0.3, -0.25) is 5.21 Å². The van der Waals surface area contributed by atoms with Crippen LogP contribution in [0.15, 0.2) is 36.7 Å². The molecule has 1 aromatic carbocycles. The second kappa shape index (κ2) is 3.35. The highest BCUT2D eigenvalue weighted by atomic mass is 16.5. The molecule has 1 aromatic rings. The monoisotopic (exact) mass is 190 g/mol. The molecule has 1 aliphatic rings. The summed E-state index contributed by atoms with van der Waals surface area (Å²) in [5.41, 5.74) is 2.34. The summed E-state index contributed by atoms with van der Waals surface area (Å²) in [5, 5.41) is 10.6. The largest absolute Gasteiger partial charge is 0.323 e. The van der Waals surface area contributed by atoms with Crippen LogP contribution in [-0.4, -0.2) is 16.4 Å². The summed E-state index contributed by atoms with van der Waals surface area (Å²) in [4.78, 5) is 2.04. The van der Waals surface area contributed by atoms with E-state index >= 15 is 0 Å². The van der Waals surface area contributed by atoms with Crippen LogP contribution in [0.5, 0.6) is 0 Å². The van der Waals surface area contributed by atoms with E-state index in [9.17, 15) is 5.21 Å². The highest BCUT2D eigenvalue weighted by molar-refractivity contribution is 5.56. The summed E-state index contributed by atoms with van der Waals surface area (Å²) < 4.78 is 0. The van der Waals surface area contributed by atoms with E-state index < -0.39 is 0 Å². The van der Waals surface area contributed by atoms with Gasteiger partial charge in [-0.05, 0) is 25.5 Å². The van der Waals surface area contributed by atoms with E-state index in [1.54, 1.807) is 6.20 Å². The lowest BCUT2D eigenvalue weighted by Crippen LogP contribution is -2.34. The molecule has 0 spiro atoms. The van der Waals surface area contributed by atoms with Crippen LogP contribution in [-0.2, 0) is 0 Å². The molecule has 0 saturated carbocycles. The van der Waals surface area contributed by atoms with Crippen molar-refractivity contribution >= 4 is 5.69 Å². The lowest BCUT2D eigenvalue weighted by molar-refractivity contribution is -0.0623. The van der Waals surface area contributed by atoms with Gasteiger partial charge in [0.05, 0.1) is 0 Å². The van der Waals surface area contributed by atoms with Gasteiger partial charge in [0.2, 0.25) is 0 Å². The lowest BCUT2D eigenvalue weighted by Gasteiger charge is -2.26. The molecule has 0 unspecified atom stereocenters. The lowest BCUT2D eigenvalue weighted by atomic mass is 10.2. The van der Waals surface area contributed by atoms with Crippen molar-refractivity contribution < 1.29 is 5.21 Å². The minimum absolute atomic E-state index is 0.0314. The fraction of sp³-hybridized carbons (Fsp3) is 0.273. The van der Waals surface area contributed by atoms with Crippen LogP contribution in [0.4, 0.5) is 5.69 Å². The van der Waals surface area contributed by atoms with Crippen molar-refractivity contribution in [2.45, 2.75) is 20.0 Å². The molecule has 1 N–H and O–H groups in total. The van der Waals surface area contributed by atoms with E-state index in [0.29, 0.717) is 0 Å². The molecule has 2 rings (SSSR count). The Kier molecular flexibility index (Phi) is 2.17. The third-order valence-corrected chi connectivity index (χ3v) is 2.56. The van der Waals surface area contributed by atoms with Gasteiger partial charge in [-0.25, -0.2) is 5.06 Å². The Labute approximate surface area is 83.8 Å². The maximum atomic E-state index is 9.43. The number of anilines is 1. The molecule has 0 radical (unpaired) electrons. The molecule has 74 valence electrons. The number of nitrogens with zero attached hydrogens (tertiary/aromatic N) is 2. The molecule has 3 heteroatoms. The van der Waals surface area contributed by atoms with Crippen LogP contribution in [0.3, 0.4) is 0 Å². The van der Waals surface area contributed by atoms with Crippen LogP contribution in [0.25, 0.3) is 0 Å². The van der Waals surface area contributed by atoms with E-state index in [2.05, 4.69) is 19.1 Å². The van der Waals surface area contributed by atoms with Crippen molar-refractivity contribution in [1.29, 1.82) is 0 Å². The van der Waals surface area contributed by atoms with Gasteiger partial charge < -0.3 is 4.90 Å². The summed E-state index contributed by atoms with van der Waals surface area (Å²) in [7, 11) is 0. The number of aryl methyl sites for hydroxylation is 1. The molecule has 0 aliphatic carbocycles. The van der Waals surface area contributed by atoms with E-state index in [0.717, 1.165) is 5.69 Å². The first-order valence-corrected chi connectivity index (χ1v) is 4.69. The van der Waals surface area contributed by atoms with Crippen molar-refractivity contribution in [3.8, 4) is 0 Å². The maximum Gasteiger partial charge on any atom is 0.127 e. The maximum absolute atomic E-state index is 9.43. The molecular weight excluding hydrogens is 176 g/mol. The summed E-state index contributed by atoms with van der Waals surface area (Å²) in [6.45, 7) is 4.02. The molecule has 0 amide bonds. The molecule has 14 heavy (non-hydrogen) atoms. The van der Waals surface area contributed by atoms with Gasteiger partial charge in [0.25, 0.3) is 0 Å². The summed E-state index contributed by atoms with van der Waals surface area (Å²) >= 11 is 0. The standard InChI is InChI=1S/C11H14N2O/c1-9-5-3-4-6-11(9)12-7-8-13(14)10(12)2/h3-8,10,14H,1-2H3/t10-/m1/s1. The van der Waals surface area contributed by atoms with Crippen LogP contribution in [0, 0.1) is 6.92 Å². The Morgan fingerprint density at radius 1 is 1.21 bits per heavy atom. The zero-order valence-corrected chi connectivity index (χ0v) is 8.38. The third-order valence-electron chi connectivity index (χ3n) is 2.56. The highest BCUT2D eigenvalue weighted by Crippen LogP contribution is 2.25. The van der Waals surface area contributed by atoms with Gasteiger partial charge in [-0.15, -0.1) is 0 Å². The molecule has 0 saturated heterocycles. The van der Waals surface area contributed by atoms with E-state index in [1.807, 2.05) is 30.2 Å². The van der Waals surface area contributed by atoms with Gasteiger partial charge >= 0.3 is 0 Å². The van der Waals surface area contributed by atoms with Crippen LogP contribution < -0.4 is 4.90 Å². The molecule has 1 atom stereocenters. The van der Waals surface area contributed by atoms with E-state index in [1.165, 1.54) is 10.6 Å². The second-order valence-electron chi connectivity index (χ2n) is 3.50. The van der Waals surface area contributed by atoms with Crippen molar-refractivity contribution in [1.82, 2.24) is 5.06 Å². The Hall–Kier alpha value is -1.48. The number of benzene rings is 1. The fourth-order valence-corrected chi connectivity index (χ4v) is 1.65. The average Bonchev–Trinajstić information content (AvgIpc) is 2.49. The smallest absolute Gasteiger partial charge is 0.127 e. The third kappa shape index (κ3) is 1.36. The molecule has 1 heterocycles. The SMILES string of the molecule is Cc1ccccc1N1C=CN(O)[C@@H]1C. The van der Waals surface area contributed by atoms with Crippen molar-refractivity contribution in [2.24, 2.45) is 0 Å². The Morgan fingerprint density at radius 3 is 2.50 bits per heavy atom. The zero-order valence-electron chi connectivity index (χ0n) is 8.38. The van der Waals surface area contributed by atoms with Crippen molar-refractivity contribution in [3.05, 3.63) is 42.2 Å². The number of rotatable bonds is 1. The molecule has 0 fully saturated rings. The van der Waals surface area contributed by atoms with Crippen LogP contribution in [0.2, 0.25) is 0 Å². The van der Waals surface area contributed by atoms with Gasteiger partial charge in [-0.2, -0.15) is 0 Å². The predicted molar refractivity (Wildman–Crippen MR) is 55.9 cm³/mol. The fourth-order valence-electron chi connectivity index (χ4n) is 1.65. The normalized spacial score (nSPS) is 20.6. The first kappa shape index (κ1) is 9.09. The summed E-state index contributed by atoms with van der Waals surface area (Å²) in [5.74, 6) is 0. The highest BCUT2D eigenvalue weighted by Gasteiger charge is 2.22. The van der Waals surface area contributed by atoms with Gasteiger partial charge in [0, 0.05) is 18.1 Å². The minimum atomic E-state index is -0.0314. The predicted octanol–water partition coefficient (Wildman–Crippen LogP) is 2.32. The molecular formula is C11H14N2O. The number of para-hydroxylation sites is 1.